The number of hydrogen-bond acceptors (Lipinski definition) is 3. The number of aromatic nitrogens is 2. The van der Waals surface area contributed by atoms with Crippen LogP contribution in [0.3, 0.4) is 0 Å². The first-order valence-corrected chi connectivity index (χ1v) is 14.2. The van der Waals surface area contributed by atoms with E-state index in [0.29, 0.717) is 49.1 Å². The number of hydrogen-bond donors (Lipinski definition) is 0. The van der Waals surface area contributed by atoms with E-state index in [9.17, 15) is 9.59 Å². The van der Waals surface area contributed by atoms with Crippen molar-refractivity contribution in [1.29, 1.82) is 0 Å². The van der Waals surface area contributed by atoms with Crippen LogP contribution < -0.4 is 27.0 Å². The second-order valence-corrected chi connectivity index (χ2v) is 12.6. The Labute approximate surface area is 215 Å². The van der Waals surface area contributed by atoms with Crippen molar-refractivity contribution < 1.29 is 4.57 Å². The fourth-order valence-corrected chi connectivity index (χ4v) is 10.1. The van der Waals surface area contributed by atoms with E-state index in [0.717, 1.165) is 21.5 Å². The summed E-state index contributed by atoms with van der Waals surface area (Å²) in [5.74, 6) is 0. The number of pyridine rings is 2. The number of benzene rings is 5. The van der Waals surface area contributed by atoms with Gasteiger partial charge in [-0.15, -0.1) is 0 Å². The molecule has 2 aromatic heterocycles. The molecular weight excluding hydrogens is 491 g/mol. The fraction of sp³-hybridized carbons (Fsp3) is 0. The van der Waals surface area contributed by atoms with Gasteiger partial charge in [-0.1, -0.05) is 60.7 Å². The molecule has 178 valence electrons. The third-order valence-electron chi connectivity index (χ3n) is 8.23. The molecule has 0 fully saturated rings. The molecule has 0 unspecified atom stereocenters. The van der Waals surface area contributed by atoms with E-state index in [1.54, 1.807) is 9.13 Å². The predicted octanol–water partition coefficient (Wildman–Crippen LogP) is 4.87. The largest absolute Gasteiger partial charge is 0.308 e. The maximum Gasteiger partial charge on any atom is 0.263 e. The van der Waals surface area contributed by atoms with Gasteiger partial charge in [0.2, 0.25) is 0 Å². The second-order valence-electron chi connectivity index (χ2n) is 9.98. The Morgan fingerprint density at radius 3 is 1.34 bits per heavy atom. The van der Waals surface area contributed by atoms with E-state index in [1.807, 2.05) is 97.1 Å². The second kappa shape index (κ2) is 6.58. The first kappa shape index (κ1) is 20.3. The lowest BCUT2D eigenvalue weighted by atomic mass is 9.99. The monoisotopic (exact) mass is 508 g/mol. The molecule has 0 saturated heterocycles. The molecule has 7 aromatic rings. The summed E-state index contributed by atoms with van der Waals surface area (Å²) in [6, 6.07) is 32.3. The molecule has 9 rings (SSSR count). The highest BCUT2D eigenvalue weighted by Gasteiger charge is 2.45. The summed E-state index contributed by atoms with van der Waals surface area (Å²) >= 11 is 0. The molecule has 0 radical (unpaired) electrons. The summed E-state index contributed by atoms with van der Waals surface area (Å²) in [4.78, 5) is 28.2. The maximum absolute atomic E-state index is 15.8. The third-order valence-corrected chi connectivity index (χ3v) is 11.4. The van der Waals surface area contributed by atoms with Gasteiger partial charge in [0.1, 0.15) is 0 Å². The minimum Gasteiger partial charge on any atom is -0.308 e. The molecule has 0 N–H and O–H groups in total. The Bertz CT molecular complexity index is 2270. The third kappa shape index (κ3) is 2.08. The van der Waals surface area contributed by atoms with E-state index < -0.39 is 7.14 Å². The van der Waals surface area contributed by atoms with E-state index in [2.05, 4.69) is 6.07 Å². The van der Waals surface area contributed by atoms with Gasteiger partial charge in [-0.05, 0) is 53.2 Å². The van der Waals surface area contributed by atoms with Gasteiger partial charge < -0.3 is 4.57 Å². The molecular formula is C32H17N2O3P. The van der Waals surface area contributed by atoms with Gasteiger partial charge >= 0.3 is 0 Å². The van der Waals surface area contributed by atoms with Crippen molar-refractivity contribution in [2.45, 2.75) is 0 Å². The Hall–Kier alpha value is -4.73. The lowest BCUT2D eigenvalue weighted by Gasteiger charge is -2.36. The van der Waals surface area contributed by atoms with Crippen LogP contribution in [0.1, 0.15) is 0 Å². The van der Waals surface area contributed by atoms with E-state index in [4.69, 9.17) is 0 Å². The molecule has 0 aliphatic carbocycles. The summed E-state index contributed by atoms with van der Waals surface area (Å²) in [5.41, 5.74) is 2.21. The molecule has 0 amide bonds. The van der Waals surface area contributed by atoms with Crippen LogP contribution in [0, 0.1) is 0 Å². The van der Waals surface area contributed by atoms with Gasteiger partial charge in [0, 0.05) is 32.2 Å². The van der Waals surface area contributed by atoms with Crippen molar-refractivity contribution in [2.75, 3.05) is 0 Å². The van der Waals surface area contributed by atoms with E-state index in [1.165, 1.54) is 0 Å². The molecule has 0 bridgehead atoms. The highest BCUT2D eigenvalue weighted by molar-refractivity contribution is 7.86. The normalized spacial score (nSPS) is 14.3. The van der Waals surface area contributed by atoms with Crippen LogP contribution in [0.2, 0.25) is 0 Å². The first-order chi connectivity index (χ1) is 18.6. The Kier molecular flexibility index (Phi) is 3.52. The van der Waals surface area contributed by atoms with E-state index in [-0.39, 0.29) is 11.1 Å². The number of para-hydroxylation sites is 2. The van der Waals surface area contributed by atoms with Crippen LogP contribution in [-0.4, -0.2) is 9.13 Å². The van der Waals surface area contributed by atoms with Crippen LogP contribution in [0.4, 0.5) is 0 Å². The van der Waals surface area contributed by atoms with Crippen molar-refractivity contribution in [3.05, 3.63) is 124 Å². The Morgan fingerprint density at radius 1 is 0.474 bits per heavy atom. The van der Waals surface area contributed by atoms with E-state index >= 15 is 4.57 Å². The number of rotatable bonds is 0. The average molecular weight is 508 g/mol. The van der Waals surface area contributed by atoms with Crippen LogP contribution in [-0.2, 0) is 4.57 Å². The summed E-state index contributed by atoms with van der Waals surface area (Å²) in [7, 11) is -3.47. The fourth-order valence-electron chi connectivity index (χ4n) is 6.73. The SMILES string of the molecule is O=c1c2ccccc2c2cc3c4ccccc4c(=O)n4c3c3c2n1-c1ccccc1P3(=O)c1ccccc1-4. The summed E-state index contributed by atoms with van der Waals surface area (Å²) in [5, 5.41) is 6.37. The summed E-state index contributed by atoms with van der Waals surface area (Å²) in [6.45, 7) is 0. The van der Waals surface area contributed by atoms with Crippen LogP contribution in [0.5, 0.6) is 0 Å². The van der Waals surface area contributed by atoms with Crippen molar-refractivity contribution >= 4 is 66.4 Å². The smallest absolute Gasteiger partial charge is 0.263 e. The average Bonchev–Trinajstić information content (AvgIpc) is 2.97. The van der Waals surface area contributed by atoms with Crippen LogP contribution in [0.15, 0.2) is 113 Å². The first-order valence-electron chi connectivity index (χ1n) is 12.5. The molecule has 38 heavy (non-hydrogen) atoms. The molecule has 0 saturated carbocycles. The molecule has 6 heteroatoms. The van der Waals surface area contributed by atoms with Crippen LogP contribution in [0.25, 0.3) is 54.7 Å². The molecule has 0 spiro atoms. The zero-order chi connectivity index (χ0) is 25.3. The number of nitrogens with zero attached hydrogens (tertiary/aromatic N) is 2. The van der Waals surface area contributed by atoms with Crippen molar-refractivity contribution in [1.82, 2.24) is 9.13 Å². The standard InChI is InChI=1S/C32H17N2O3P/c35-31-20-11-3-1-9-18(20)22-17-23-19-10-2-4-12-21(19)32(36)34-25-14-6-8-16-27(25)38(37)26-15-7-5-13-24(26)33(31)28(22)30(38)29(23)34/h1-17H. The van der Waals surface area contributed by atoms with Gasteiger partial charge in [0.05, 0.1) is 27.7 Å². The molecule has 2 aliphatic rings. The molecule has 5 nitrogen and oxygen atoms in total. The van der Waals surface area contributed by atoms with Gasteiger partial charge in [-0.25, -0.2) is 0 Å². The minimum atomic E-state index is -3.47. The Balaban J connectivity index is 1.76. The van der Waals surface area contributed by atoms with Crippen molar-refractivity contribution in [3.8, 4) is 11.4 Å². The molecule has 4 heterocycles. The topological polar surface area (TPSA) is 61.1 Å². The maximum atomic E-state index is 15.8. The van der Waals surface area contributed by atoms with Crippen molar-refractivity contribution in [3.63, 3.8) is 0 Å². The highest BCUT2D eigenvalue weighted by atomic mass is 31.2. The summed E-state index contributed by atoms with van der Waals surface area (Å²) in [6.07, 6.45) is 0. The molecule has 2 aliphatic heterocycles. The van der Waals surface area contributed by atoms with Gasteiger partial charge in [-0.2, -0.15) is 0 Å². The molecule has 5 aromatic carbocycles. The van der Waals surface area contributed by atoms with Gasteiger partial charge in [0.15, 0.2) is 7.14 Å². The zero-order valence-electron chi connectivity index (χ0n) is 19.9. The minimum absolute atomic E-state index is 0.157. The lowest BCUT2D eigenvalue weighted by Crippen LogP contribution is -2.43. The Morgan fingerprint density at radius 2 is 0.868 bits per heavy atom. The zero-order valence-corrected chi connectivity index (χ0v) is 20.8. The van der Waals surface area contributed by atoms with Crippen LogP contribution >= 0.6 is 7.14 Å². The molecule has 0 atom stereocenters. The lowest BCUT2D eigenvalue weighted by molar-refractivity contribution is 0.592. The van der Waals surface area contributed by atoms with Gasteiger partial charge in [0.25, 0.3) is 11.1 Å². The van der Waals surface area contributed by atoms with Crippen molar-refractivity contribution in [2.24, 2.45) is 0 Å². The predicted molar refractivity (Wildman–Crippen MR) is 154 cm³/mol. The quantitative estimate of drug-likeness (QED) is 0.167. The van der Waals surface area contributed by atoms with Gasteiger partial charge in [-0.3, -0.25) is 18.7 Å². The highest BCUT2D eigenvalue weighted by Crippen LogP contribution is 2.54. The number of fused-ring (bicyclic) bond motifs is 10. The summed E-state index contributed by atoms with van der Waals surface area (Å²) < 4.78 is 19.2.